The normalized spacial score (nSPS) is 14.7. The molecule has 3 rings (SSSR count). The van der Waals surface area contributed by atoms with Crippen LogP contribution in [0.25, 0.3) is 0 Å². The maximum Gasteiger partial charge on any atom is 0.173 e. The Morgan fingerprint density at radius 1 is 1.17 bits per heavy atom. The average molecular weight is 325 g/mol. The van der Waals surface area contributed by atoms with E-state index in [2.05, 4.69) is 52.5 Å². The second-order valence-electron chi connectivity index (χ2n) is 6.17. The van der Waals surface area contributed by atoms with E-state index < -0.39 is 0 Å². The number of hydrogen-bond acceptors (Lipinski definition) is 2. The number of aromatic nitrogens is 1. The van der Waals surface area contributed by atoms with Gasteiger partial charge in [-0.1, -0.05) is 31.0 Å². The molecule has 1 N–H and O–H groups in total. The van der Waals surface area contributed by atoms with Crippen LogP contribution in [0, 0.1) is 6.92 Å². The number of rotatable bonds is 4. The van der Waals surface area contributed by atoms with Crippen LogP contribution in [0.5, 0.6) is 0 Å². The summed E-state index contributed by atoms with van der Waals surface area (Å²) < 4.78 is 0. The number of aryl methyl sites for hydroxylation is 1. The first-order valence-corrected chi connectivity index (χ1v) is 8.67. The van der Waals surface area contributed by atoms with Crippen LogP contribution in [0.4, 0.5) is 5.69 Å². The van der Waals surface area contributed by atoms with Crippen LogP contribution < -0.4 is 5.32 Å². The van der Waals surface area contributed by atoms with Crippen molar-refractivity contribution in [1.82, 2.24) is 9.88 Å². The van der Waals surface area contributed by atoms with Crippen LogP contribution in [0.2, 0.25) is 0 Å². The highest BCUT2D eigenvalue weighted by molar-refractivity contribution is 7.80. The zero-order valence-electron chi connectivity index (χ0n) is 13.5. The van der Waals surface area contributed by atoms with E-state index in [0.29, 0.717) is 6.04 Å². The number of thiocarbonyl (C=S) groups is 1. The number of pyridine rings is 1. The van der Waals surface area contributed by atoms with Gasteiger partial charge in [0, 0.05) is 30.7 Å². The summed E-state index contributed by atoms with van der Waals surface area (Å²) in [5.41, 5.74) is 3.56. The van der Waals surface area contributed by atoms with Crippen molar-refractivity contribution < 1.29 is 0 Å². The molecule has 0 unspecified atom stereocenters. The monoisotopic (exact) mass is 325 g/mol. The third-order valence-electron chi connectivity index (χ3n) is 4.52. The smallest absolute Gasteiger partial charge is 0.173 e. The molecule has 0 aliphatic heterocycles. The second-order valence-corrected chi connectivity index (χ2v) is 6.55. The Morgan fingerprint density at radius 2 is 1.87 bits per heavy atom. The highest BCUT2D eigenvalue weighted by Gasteiger charge is 2.25. The van der Waals surface area contributed by atoms with Crippen LogP contribution in [0.15, 0.2) is 48.8 Å². The van der Waals surface area contributed by atoms with Gasteiger partial charge in [-0.15, -0.1) is 0 Å². The Hall–Kier alpha value is -1.94. The number of para-hydroxylation sites is 1. The molecule has 1 fully saturated rings. The van der Waals surface area contributed by atoms with Gasteiger partial charge in [-0.05, 0) is 61.3 Å². The van der Waals surface area contributed by atoms with Crippen LogP contribution in [-0.4, -0.2) is 21.0 Å². The first-order valence-electron chi connectivity index (χ1n) is 8.26. The summed E-state index contributed by atoms with van der Waals surface area (Å²) in [7, 11) is 0. The van der Waals surface area contributed by atoms with E-state index >= 15 is 0 Å². The molecule has 1 heterocycles. The van der Waals surface area contributed by atoms with E-state index in [1.54, 1.807) is 0 Å². The highest BCUT2D eigenvalue weighted by Crippen LogP contribution is 2.26. The van der Waals surface area contributed by atoms with Crippen molar-refractivity contribution in [1.29, 1.82) is 0 Å². The van der Waals surface area contributed by atoms with Crippen LogP contribution in [0.3, 0.4) is 0 Å². The van der Waals surface area contributed by atoms with Gasteiger partial charge in [0.2, 0.25) is 0 Å². The third-order valence-corrected chi connectivity index (χ3v) is 4.85. The van der Waals surface area contributed by atoms with Crippen LogP contribution >= 0.6 is 12.2 Å². The van der Waals surface area contributed by atoms with E-state index in [9.17, 15) is 0 Å². The van der Waals surface area contributed by atoms with Gasteiger partial charge in [0.1, 0.15) is 0 Å². The van der Waals surface area contributed by atoms with Crippen molar-refractivity contribution in [2.45, 2.75) is 45.2 Å². The van der Waals surface area contributed by atoms with Gasteiger partial charge < -0.3 is 10.2 Å². The predicted molar refractivity (Wildman–Crippen MR) is 99.4 cm³/mol. The van der Waals surface area contributed by atoms with Crippen molar-refractivity contribution in [2.75, 3.05) is 5.32 Å². The summed E-state index contributed by atoms with van der Waals surface area (Å²) in [4.78, 5) is 6.46. The topological polar surface area (TPSA) is 28.2 Å². The molecule has 1 aliphatic rings. The molecule has 0 amide bonds. The van der Waals surface area contributed by atoms with E-state index in [-0.39, 0.29) is 0 Å². The molecule has 23 heavy (non-hydrogen) atoms. The van der Waals surface area contributed by atoms with E-state index in [4.69, 9.17) is 12.2 Å². The molecule has 0 spiro atoms. The molecular weight excluding hydrogens is 302 g/mol. The molecule has 1 aliphatic carbocycles. The predicted octanol–water partition coefficient (Wildman–Crippen LogP) is 4.53. The van der Waals surface area contributed by atoms with Crippen molar-refractivity contribution in [2.24, 2.45) is 0 Å². The molecule has 0 atom stereocenters. The van der Waals surface area contributed by atoms with Crippen molar-refractivity contribution >= 4 is 23.0 Å². The zero-order valence-corrected chi connectivity index (χ0v) is 14.4. The number of anilines is 1. The van der Waals surface area contributed by atoms with Crippen LogP contribution in [0.1, 0.15) is 36.8 Å². The lowest BCUT2D eigenvalue weighted by molar-refractivity contribution is 0.312. The Labute approximate surface area is 143 Å². The van der Waals surface area contributed by atoms with E-state index in [1.165, 1.54) is 36.8 Å². The Morgan fingerprint density at radius 3 is 2.57 bits per heavy atom. The standard InChI is InChI=1S/C19H23N3S/c1-15-6-2-5-9-18(15)21-19(23)22(17-7-3-4-8-17)14-16-10-12-20-13-11-16/h2,5-6,9-13,17H,3-4,7-8,14H2,1H3,(H,21,23). The minimum absolute atomic E-state index is 0.534. The molecule has 0 saturated heterocycles. The van der Waals surface area contributed by atoms with Gasteiger partial charge in [0.25, 0.3) is 0 Å². The summed E-state index contributed by atoms with van der Waals surface area (Å²) in [6.45, 7) is 2.94. The fraction of sp³-hybridized carbons (Fsp3) is 0.368. The SMILES string of the molecule is Cc1ccccc1NC(=S)N(Cc1ccncc1)C1CCCC1. The van der Waals surface area contributed by atoms with Gasteiger partial charge >= 0.3 is 0 Å². The lowest BCUT2D eigenvalue weighted by Gasteiger charge is -2.32. The molecule has 4 heteroatoms. The number of nitrogens with zero attached hydrogens (tertiary/aromatic N) is 2. The van der Waals surface area contributed by atoms with Gasteiger partial charge in [-0.3, -0.25) is 4.98 Å². The molecule has 120 valence electrons. The summed E-state index contributed by atoms with van der Waals surface area (Å²) in [6, 6.07) is 13.0. The molecule has 1 aromatic heterocycles. The molecule has 2 aromatic rings. The van der Waals surface area contributed by atoms with Crippen molar-refractivity contribution in [3.8, 4) is 0 Å². The van der Waals surface area contributed by atoms with Crippen molar-refractivity contribution in [3.05, 3.63) is 59.9 Å². The van der Waals surface area contributed by atoms with Gasteiger partial charge in [0.05, 0.1) is 0 Å². The van der Waals surface area contributed by atoms with E-state index in [0.717, 1.165) is 17.3 Å². The van der Waals surface area contributed by atoms with Gasteiger partial charge in [-0.2, -0.15) is 0 Å². The summed E-state index contributed by atoms with van der Waals surface area (Å²) in [5, 5.41) is 4.27. The average Bonchev–Trinajstić information content (AvgIpc) is 3.10. The molecule has 0 bridgehead atoms. The Bertz CT molecular complexity index is 651. The Balaban J connectivity index is 1.77. The quantitative estimate of drug-likeness (QED) is 0.836. The van der Waals surface area contributed by atoms with Crippen LogP contribution in [-0.2, 0) is 6.54 Å². The largest absolute Gasteiger partial charge is 0.342 e. The number of benzene rings is 1. The number of hydrogen-bond donors (Lipinski definition) is 1. The molecule has 0 radical (unpaired) electrons. The molecule has 1 aromatic carbocycles. The second kappa shape index (κ2) is 7.55. The summed E-state index contributed by atoms with van der Waals surface area (Å²) in [6.07, 6.45) is 8.73. The lowest BCUT2D eigenvalue weighted by Crippen LogP contribution is -2.41. The lowest BCUT2D eigenvalue weighted by atomic mass is 10.1. The van der Waals surface area contributed by atoms with Gasteiger partial charge in [-0.25, -0.2) is 0 Å². The minimum Gasteiger partial charge on any atom is -0.342 e. The number of nitrogens with one attached hydrogen (secondary N) is 1. The summed E-state index contributed by atoms with van der Waals surface area (Å²) in [5.74, 6) is 0. The Kier molecular flexibility index (Phi) is 5.23. The molecule has 3 nitrogen and oxygen atoms in total. The zero-order chi connectivity index (χ0) is 16.1. The van der Waals surface area contributed by atoms with Crippen molar-refractivity contribution in [3.63, 3.8) is 0 Å². The maximum atomic E-state index is 5.75. The summed E-state index contributed by atoms with van der Waals surface area (Å²) >= 11 is 5.75. The first kappa shape index (κ1) is 15.9. The molecular formula is C19H23N3S. The molecule has 1 saturated carbocycles. The fourth-order valence-corrected chi connectivity index (χ4v) is 3.49. The minimum atomic E-state index is 0.534. The maximum absolute atomic E-state index is 5.75. The third kappa shape index (κ3) is 4.08. The van der Waals surface area contributed by atoms with E-state index in [1.807, 2.05) is 18.5 Å². The fourth-order valence-electron chi connectivity index (χ4n) is 3.17. The highest BCUT2D eigenvalue weighted by atomic mass is 32.1. The van der Waals surface area contributed by atoms with Gasteiger partial charge in [0.15, 0.2) is 5.11 Å². The first-order chi connectivity index (χ1) is 11.2.